The Bertz CT molecular complexity index is 840. The van der Waals surface area contributed by atoms with Gasteiger partial charge in [0.25, 0.3) is 0 Å². The second kappa shape index (κ2) is 10.1. The van der Waals surface area contributed by atoms with E-state index in [-0.39, 0.29) is 24.8 Å². The minimum atomic E-state index is -0.227. The molecule has 0 spiro atoms. The zero-order chi connectivity index (χ0) is 21.6. The molecule has 0 fully saturated rings. The van der Waals surface area contributed by atoms with Crippen LogP contribution in [0.1, 0.15) is 37.7 Å². The van der Waals surface area contributed by atoms with Gasteiger partial charge >= 0.3 is 0 Å². The number of anilines is 1. The van der Waals surface area contributed by atoms with Crippen molar-refractivity contribution < 1.29 is 14.3 Å². The van der Waals surface area contributed by atoms with Gasteiger partial charge < -0.3 is 15.0 Å². The van der Waals surface area contributed by atoms with Crippen LogP contribution in [0.3, 0.4) is 0 Å². The number of methoxy groups -OCH3 is 1. The van der Waals surface area contributed by atoms with Gasteiger partial charge in [-0.05, 0) is 51.0 Å². The first kappa shape index (κ1) is 22.5. The van der Waals surface area contributed by atoms with Crippen molar-refractivity contribution >= 4 is 17.5 Å². The standard InChI is InChI=1S/C22H32N4O3/c1-7-25(14-21(27)23-18-8-10-19(29-6)11-9-18)22(28)12-20-16(4)24-26(17(20)5)13-15(2)3/h8-11,15H,7,12-14H2,1-6H3,(H,23,27). The van der Waals surface area contributed by atoms with Crippen LogP contribution < -0.4 is 10.1 Å². The van der Waals surface area contributed by atoms with E-state index in [1.54, 1.807) is 36.3 Å². The minimum absolute atomic E-state index is 0.0135. The average Bonchev–Trinajstić information content (AvgIpc) is 2.93. The van der Waals surface area contributed by atoms with Crippen molar-refractivity contribution in [2.75, 3.05) is 25.5 Å². The summed E-state index contributed by atoms with van der Waals surface area (Å²) in [4.78, 5) is 26.8. The lowest BCUT2D eigenvalue weighted by Gasteiger charge is -2.20. The van der Waals surface area contributed by atoms with Gasteiger partial charge in [-0.2, -0.15) is 5.10 Å². The van der Waals surface area contributed by atoms with E-state index in [9.17, 15) is 9.59 Å². The number of aromatic nitrogens is 2. The first-order valence-electron chi connectivity index (χ1n) is 9.99. The van der Waals surface area contributed by atoms with E-state index in [1.807, 2.05) is 25.5 Å². The molecule has 158 valence electrons. The molecule has 1 N–H and O–H groups in total. The Hall–Kier alpha value is -2.83. The number of amides is 2. The van der Waals surface area contributed by atoms with Crippen LogP contribution in [0.25, 0.3) is 0 Å². The molecule has 0 saturated heterocycles. The first-order valence-corrected chi connectivity index (χ1v) is 9.99. The number of carbonyl (C=O) groups excluding carboxylic acids is 2. The molecule has 0 radical (unpaired) electrons. The predicted octanol–water partition coefficient (Wildman–Crippen LogP) is 3.19. The lowest BCUT2D eigenvalue weighted by molar-refractivity contribution is -0.133. The van der Waals surface area contributed by atoms with Crippen LogP contribution in [0.2, 0.25) is 0 Å². The highest BCUT2D eigenvalue weighted by Crippen LogP contribution is 2.17. The molecule has 1 aromatic heterocycles. The fraction of sp³-hybridized carbons (Fsp3) is 0.500. The van der Waals surface area contributed by atoms with Crippen molar-refractivity contribution in [1.82, 2.24) is 14.7 Å². The molecule has 1 heterocycles. The topological polar surface area (TPSA) is 76.5 Å². The van der Waals surface area contributed by atoms with Crippen LogP contribution in [0.5, 0.6) is 5.75 Å². The van der Waals surface area contributed by atoms with Gasteiger partial charge in [0.05, 0.1) is 25.8 Å². The largest absolute Gasteiger partial charge is 0.497 e. The summed E-state index contributed by atoms with van der Waals surface area (Å²) in [6.07, 6.45) is 0.249. The highest BCUT2D eigenvalue weighted by atomic mass is 16.5. The molecule has 2 aromatic rings. The van der Waals surface area contributed by atoms with Gasteiger partial charge in [0, 0.05) is 30.0 Å². The van der Waals surface area contributed by atoms with Crippen molar-refractivity contribution in [1.29, 1.82) is 0 Å². The summed E-state index contributed by atoms with van der Waals surface area (Å²) in [7, 11) is 1.59. The fourth-order valence-corrected chi connectivity index (χ4v) is 3.20. The molecule has 0 atom stereocenters. The van der Waals surface area contributed by atoms with Gasteiger partial charge in [-0.15, -0.1) is 0 Å². The van der Waals surface area contributed by atoms with Crippen molar-refractivity contribution in [3.8, 4) is 5.75 Å². The van der Waals surface area contributed by atoms with Crippen LogP contribution in [-0.2, 0) is 22.6 Å². The highest BCUT2D eigenvalue weighted by Gasteiger charge is 2.20. The zero-order valence-electron chi connectivity index (χ0n) is 18.3. The van der Waals surface area contributed by atoms with Gasteiger partial charge in [0.1, 0.15) is 5.75 Å². The monoisotopic (exact) mass is 400 g/mol. The summed E-state index contributed by atoms with van der Waals surface area (Å²) in [5.74, 6) is 0.893. The number of hydrogen-bond acceptors (Lipinski definition) is 4. The van der Waals surface area contributed by atoms with E-state index >= 15 is 0 Å². The Morgan fingerprint density at radius 3 is 2.41 bits per heavy atom. The maximum Gasteiger partial charge on any atom is 0.243 e. The van der Waals surface area contributed by atoms with E-state index in [0.717, 1.165) is 29.2 Å². The summed E-state index contributed by atoms with van der Waals surface area (Å²) in [5.41, 5.74) is 3.50. The van der Waals surface area contributed by atoms with Gasteiger partial charge in [-0.1, -0.05) is 13.8 Å². The molecule has 0 aliphatic carbocycles. The quantitative estimate of drug-likeness (QED) is 0.701. The maximum atomic E-state index is 12.8. The molecule has 29 heavy (non-hydrogen) atoms. The second-order valence-corrected chi connectivity index (χ2v) is 7.59. The summed E-state index contributed by atoms with van der Waals surface area (Å²) in [6, 6.07) is 7.09. The van der Waals surface area contributed by atoms with Crippen LogP contribution in [-0.4, -0.2) is 46.7 Å². The summed E-state index contributed by atoms with van der Waals surface area (Å²) in [5, 5.41) is 7.40. The highest BCUT2D eigenvalue weighted by molar-refractivity contribution is 5.94. The third kappa shape index (κ3) is 6.07. The fourth-order valence-electron chi connectivity index (χ4n) is 3.20. The predicted molar refractivity (Wildman–Crippen MR) is 114 cm³/mol. The van der Waals surface area contributed by atoms with Crippen molar-refractivity contribution in [2.24, 2.45) is 5.92 Å². The third-order valence-electron chi connectivity index (χ3n) is 4.84. The van der Waals surface area contributed by atoms with E-state index in [1.165, 1.54) is 0 Å². The van der Waals surface area contributed by atoms with Crippen molar-refractivity contribution in [3.05, 3.63) is 41.2 Å². The lowest BCUT2D eigenvalue weighted by atomic mass is 10.1. The van der Waals surface area contributed by atoms with E-state index in [2.05, 4.69) is 24.3 Å². The number of benzene rings is 1. The van der Waals surface area contributed by atoms with Crippen LogP contribution in [0, 0.1) is 19.8 Å². The van der Waals surface area contributed by atoms with E-state index < -0.39 is 0 Å². The van der Waals surface area contributed by atoms with Crippen LogP contribution in [0.4, 0.5) is 5.69 Å². The molecular weight excluding hydrogens is 368 g/mol. The molecule has 0 saturated carbocycles. The minimum Gasteiger partial charge on any atom is -0.497 e. The molecule has 0 bridgehead atoms. The number of ether oxygens (including phenoxy) is 1. The Kier molecular flexibility index (Phi) is 7.82. The number of nitrogens with one attached hydrogen (secondary N) is 1. The van der Waals surface area contributed by atoms with E-state index in [0.29, 0.717) is 18.2 Å². The first-order chi connectivity index (χ1) is 13.7. The molecule has 0 aliphatic heterocycles. The molecule has 1 aromatic carbocycles. The molecular formula is C22H32N4O3. The Morgan fingerprint density at radius 2 is 1.86 bits per heavy atom. The normalized spacial score (nSPS) is 10.9. The Morgan fingerprint density at radius 1 is 1.21 bits per heavy atom. The molecule has 0 aliphatic rings. The number of aryl methyl sites for hydroxylation is 1. The van der Waals surface area contributed by atoms with E-state index in [4.69, 9.17) is 4.74 Å². The zero-order valence-corrected chi connectivity index (χ0v) is 18.3. The van der Waals surface area contributed by atoms with Crippen molar-refractivity contribution in [3.63, 3.8) is 0 Å². The van der Waals surface area contributed by atoms with Gasteiger partial charge in [0.15, 0.2) is 0 Å². The third-order valence-corrected chi connectivity index (χ3v) is 4.84. The number of rotatable bonds is 9. The Balaban J connectivity index is 2.01. The van der Waals surface area contributed by atoms with Crippen molar-refractivity contribution in [2.45, 2.75) is 47.6 Å². The lowest BCUT2D eigenvalue weighted by Crippen LogP contribution is -2.38. The molecule has 7 nitrogen and oxygen atoms in total. The summed E-state index contributed by atoms with van der Waals surface area (Å²) < 4.78 is 7.08. The van der Waals surface area contributed by atoms with Gasteiger partial charge in [0.2, 0.25) is 11.8 Å². The molecule has 2 rings (SSSR count). The summed E-state index contributed by atoms with van der Waals surface area (Å²) in [6.45, 7) is 11.4. The second-order valence-electron chi connectivity index (χ2n) is 7.59. The number of nitrogens with zero attached hydrogens (tertiary/aromatic N) is 3. The average molecular weight is 401 g/mol. The molecule has 2 amide bonds. The maximum absolute atomic E-state index is 12.8. The van der Waals surface area contributed by atoms with Crippen LogP contribution in [0.15, 0.2) is 24.3 Å². The van der Waals surface area contributed by atoms with Gasteiger partial charge in [-0.3, -0.25) is 14.3 Å². The molecule has 7 heteroatoms. The number of carbonyl (C=O) groups is 2. The number of hydrogen-bond donors (Lipinski definition) is 1. The molecule has 0 unspecified atom stereocenters. The summed E-state index contributed by atoms with van der Waals surface area (Å²) >= 11 is 0. The SMILES string of the molecule is CCN(CC(=O)Nc1ccc(OC)cc1)C(=O)Cc1c(C)nn(CC(C)C)c1C. The van der Waals surface area contributed by atoms with Crippen LogP contribution >= 0.6 is 0 Å². The smallest absolute Gasteiger partial charge is 0.243 e. The Labute approximate surface area is 173 Å². The number of likely N-dealkylation sites (N-methyl/N-ethyl adjacent to an activating group) is 1. The van der Waals surface area contributed by atoms with Gasteiger partial charge in [-0.25, -0.2) is 0 Å².